The quantitative estimate of drug-likeness (QED) is 0.938. The molecule has 1 aliphatic rings. The SMILES string of the molecule is COCc1ccccc1-n1nc(C(=O)O)c2c1CCCC2. The summed E-state index contributed by atoms with van der Waals surface area (Å²) in [6, 6.07) is 7.83. The van der Waals surface area contributed by atoms with E-state index in [9.17, 15) is 9.90 Å². The number of carbonyl (C=O) groups is 1. The van der Waals surface area contributed by atoms with E-state index in [1.807, 2.05) is 24.3 Å². The van der Waals surface area contributed by atoms with Crippen molar-refractivity contribution in [2.45, 2.75) is 32.3 Å². The van der Waals surface area contributed by atoms with Crippen LogP contribution in [0, 0.1) is 0 Å². The van der Waals surface area contributed by atoms with Crippen LogP contribution in [0.25, 0.3) is 5.69 Å². The van der Waals surface area contributed by atoms with Gasteiger partial charge in [-0.25, -0.2) is 9.48 Å². The molecule has 0 bridgehead atoms. The van der Waals surface area contributed by atoms with Gasteiger partial charge in [0.1, 0.15) is 0 Å². The third-order valence-corrected chi connectivity index (χ3v) is 3.90. The molecule has 1 aliphatic carbocycles. The average Bonchev–Trinajstić information content (AvgIpc) is 2.88. The lowest BCUT2D eigenvalue weighted by Gasteiger charge is -2.16. The van der Waals surface area contributed by atoms with Crippen molar-refractivity contribution in [3.8, 4) is 5.69 Å². The predicted octanol–water partition coefficient (Wildman–Crippen LogP) is 2.60. The van der Waals surface area contributed by atoms with Crippen LogP contribution in [0.3, 0.4) is 0 Å². The number of benzene rings is 1. The maximum atomic E-state index is 11.4. The van der Waals surface area contributed by atoms with E-state index in [1.165, 1.54) is 0 Å². The Balaban J connectivity index is 2.17. The van der Waals surface area contributed by atoms with Gasteiger partial charge in [0.05, 0.1) is 12.3 Å². The number of methoxy groups -OCH3 is 1. The van der Waals surface area contributed by atoms with Crippen molar-refractivity contribution in [1.29, 1.82) is 0 Å². The number of ether oxygens (including phenoxy) is 1. The Morgan fingerprint density at radius 3 is 2.86 bits per heavy atom. The molecular weight excluding hydrogens is 268 g/mol. The highest BCUT2D eigenvalue weighted by molar-refractivity contribution is 5.87. The molecule has 5 heteroatoms. The minimum atomic E-state index is -0.948. The number of carboxylic acid groups (broad SMARTS) is 1. The number of para-hydroxylation sites is 1. The number of nitrogens with zero attached hydrogens (tertiary/aromatic N) is 2. The van der Waals surface area contributed by atoms with Gasteiger partial charge in [-0.3, -0.25) is 0 Å². The summed E-state index contributed by atoms with van der Waals surface area (Å²) in [5, 5.41) is 13.7. The summed E-state index contributed by atoms with van der Waals surface area (Å²) in [4.78, 5) is 11.4. The maximum Gasteiger partial charge on any atom is 0.356 e. The summed E-state index contributed by atoms with van der Waals surface area (Å²) in [6.45, 7) is 0.479. The van der Waals surface area contributed by atoms with Crippen molar-refractivity contribution in [1.82, 2.24) is 9.78 Å². The summed E-state index contributed by atoms with van der Waals surface area (Å²) in [7, 11) is 1.65. The number of hydrogen-bond acceptors (Lipinski definition) is 3. The smallest absolute Gasteiger partial charge is 0.356 e. The second kappa shape index (κ2) is 5.69. The fraction of sp³-hybridized carbons (Fsp3) is 0.375. The molecule has 0 spiro atoms. The van der Waals surface area contributed by atoms with E-state index in [4.69, 9.17) is 4.74 Å². The molecule has 1 heterocycles. The Hall–Kier alpha value is -2.14. The molecule has 5 nitrogen and oxygen atoms in total. The van der Waals surface area contributed by atoms with Gasteiger partial charge in [-0.15, -0.1) is 0 Å². The van der Waals surface area contributed by atoms with E-state index in [1.54, 1.807) is 11.8 Å². The van der Waals surface area contributed by atoms with E-state index >= 15 is 0 Å². The van der Waals surface area contributed by atoms with Crippen molar-refractivity contribution >= 4 is 5.97 Å². The zero-order valence-electron chi connectivity index (χ0n) is 12.0. The molecule has 0 aliphatic heterocycles. The van der Waals surface area contributed by atoms with Crippen LogP contribution < -0.4 is 0 Å². The standard InChI is InChI=1S/C16H18N2O3/c1-21-10-11-6-2-4-8-13(11)18-14-9-5-3-7-12(14)15(17-18)16(19)20/h2,4,6,8H,3,5,7,9-10H2,1H3,(H,19,20). The van der Waals surface area contributed by atoms with E-state index in [-0.39, 0.29) is 5.69 Å². The summed E-state index contributed by atoms with van der Waals surface area (Å²) in [5.74, 6) is -0.948. The number of carboxylic acids is 1. The summed E-state index contributed by atoms with van der Waals surface area (Å²) in [5.41, 5.74) is 4.03. The third-order valence-electron chi connectivity index (χ3n) is 3.90. The molecule has 0 atom stereocenters. The molecule has 0 saturated carbocycles. The van der Waals surface area contributed by atoms with Crippen molar-refractivity contribution in [3.05, 3.63) is 46.8 Å². The van der Waals surface area contributed by atoms with Gasteiger partial charge in [-0.1, -0.05) is 18.2 Å². The lowest BCUT2D eigenvalue weighted by molar-refractivity contribution is 0.0688. The molecule has 0 amide bonds. The lowest BCUT2D eigenvalue weighted by atomic mass is 9.95. The molecular formula is C16H18N2O3. The number of fused-ring (bicyclic) bond motifs is 1. The normalized spacial score (nSPS) is 14.0. The second-order valence-corrected chi connectivity index (χ2v) is 5.26. The van der Waals surface area contributed by atoms with E-state index in [0.717, 1.165) is 48.2 Å². The zero-order valence-corrected chi connectivity index (χ0v) is 12.0. The average molecular weight is 286 g/mol. The van der Waals surface area contributed by atoms with Gasteiger partial charge in [0, 0.05) is 23.9 Å². The van der Waals surface area contributed by atoms with Crippen LogP contribution in [0.2, 0.25) is 0 Å². The molecule has 0 fully saturated rings. The Morgan fingerprint density at radius 2 is 2.10 bits per heavy atom. The first-order valence-corrected chi connectivity index (χ1v) is 7.13. The van der Waals surface area contributed by atoms with E-state index < -0.39 is 5.97 Å². The molecule has 3 rings (SSSR count). The highest BCUT2D eigenvalue weighted by Crippen LogP contribution is 2.28. The Kier molecular flexibility index (Phi) is 3.75. The highest BCUT2D eigenvalue weighted by Gasteiger charge is 2.25. The van der Waals surface area contributed by atoms with Gasteiger partial charge in [-0.2, -0.15) is 5.10 Å². The number of aromatic carboxylic acids is 1. The Bertz CT molecular complexity index is 676. The van der Waals surface area contributed by atoms with Crippen LogP contribution in [0.5, 0.6) is 0 Å². The topological polar surface area (TPSA) is 64.4 Å². The van der Waals surface area contributed by atoms with Gasteiger partial charge < -0.3 is 9.84 Å². The van der Waals surface area contributed by atoms with Crippen LogP contribution in [0.1, 0.15) is 40.2 Å². The van der Waals surface area contributed by atoms with Gasteiger partial charge in [0.2, 0.25) is 0 Å². The number of rotatable bonds is 4. The molecule has 1 N–H and O–H groups in total. The first-order chi connectivity index (χ1) is 10.2. The molecule has 1 aromatic heterocycles. The first-order valence-electron chi connectivity index (χ1n) is 7.13. The van der Waals surface area contributed by atoms with Gasteiger partial charge in [-0.05, 0) is 31.7 Å². The minimum Gasteiger partial charge on any atom is -0.476 e. The molecule has 110 valence electrons. The minimum absolute atomic E-state index is 0.192. The van der Waals surface area contributed by atoms with Crippen molar-refractivity contribution in [2.24, 2.45) is 0 Å². The Morgan fingerprint density at radius 1 is 1.33 bits per heavy atom. The van der Waals surface area contributed by atoms with Crippen LogP contribution in [0.15, 0.2) is 24.3 Å². The number of aromatic nitrogens is 2. The fourth-order valence-electron chi connectivity index (χ4n) is 2.97. The summed E-state index contributed by atoms with van der Waals surface area (Å²) >= 11 is 0. The van der Waals surface area contributed by atoms with Crippen molar-refractivity contribution in [2.75, 3.05) is 7.11 Å². The highest BCUT2D eigenvalue weighted by atomic mass is 16.5. The van der Waals surface area contributed by atoms with Crippen LogP contribution in [0.4, 0.5) is 0 Å². The van der Waals surface area contributed by atoms with Gasteiger partial charge in [0.15, 0.2) is 5.69 Å². The molecule has 21 heavy (non-hydrogen) atoms. The van der Waals surface area contributed by atoms with Crippen LogP contribution in [-0.4, -0.2) is 28.0 Å². The largest absolute Gasteiger partial charge is 0.476 e. The maximum absolute atomic E-state index is 11.4. The summed E-state index contributed by atoms with van der Waals surface area (Å²) in [6.07, 6.45) is 3.77. The van der Waals surface area contributed by atoms with E-state index in [2.05, 4.69) is 5.10 Å². The van der Waals surface area contributed by atoms with E-state index in [0.29, 0.717) is 6.61 Å². The molecule has 1 aromatic carbocycles. The second-order valence-electron chi connectivity index (χ2n) is 5.26. The fourth-order valence-corrected chi connectivity index (χ4v) is 2.97. The molecule has 0 radical (unpaired) electrons. The monoisotopic (exact) mass is 286 g/mol. The van der Waals surface area contributed by atoms with Crippen LogP contribution in [-0.2, 0) is 24.2 Å². The van der Waals surface area contributed by atoms with Gasteiger partial charge in [0.25, 0.3) is 0 Å². The van der Waals surface area contributed by atoms with Crippen molar-refractivity contribution < 1.29 is 14.6 Å². The zero-order chi connectivity index (χ0) is 14.8. The molecule has 2 aromatic rings. The summed E-state index contributed by atoms with van der Waals surface area (Å²) < 4.78 is 7.03. The van der Waals surface area contributed by atoms with Gasteiger partial charge >= 0.3 is 5.97 Å². The predicted molar refractivity (Wildman–Crippen MR) is 77.9 cm³/mol. The van der Waals surface area contributed by atoms with Crippen molar-refractivity contribution in [3.63, 3.8) is 0 Å². The third kappa shape index (κ3) is 2.45. The molecule has 0 unspecified atom stereocenters. The number of hydrogen-bond donors (Lipinski definition) is 1. The van der Waals surface area contributed by atoms with Crippen LogP contribution >= 0.6 is 0 Å². The lowest BCUT2D eigenvalue weighted by Crippen LogP contribution is -2.10. The molecule has 0 saturated heterocycles. The Labute approximate surface area is 123 Å². The first kappa shape index (κ1) is 13.8.